The van der Waals surface area contributed by atoms with Gasteiger partial charge in [-0.2, -0.15) is 5.10 Å². The molecule has 0 spiro atoms. The second-order valence-electron chi connectivity index (χ2n) is 8.71. The number of amides is 1. The minimum Gasteiger partial charge on any atom is -0.495 e. The van der Waals surface area contributed by atoms with E-state index in [-0.39, 0.29) is 22.4 Å². The summed E-state index contributed by atoms with van der Waals surface area (Å²) in [6.07, 6.45) is 5.43. The van der Waals surface area contributed by atoms with E-state index < -0.39 is 15.9 Å². The number of piperidine rings is 1. The number of anilines is 1. The molecule has 0 bridgehead atoms. The van der Waals surface area contributed by atoms with Crippen LogP contribution in [0.3, 0.4) is 0 Å². The molecule has 1 saturated heterocycles. The average molecular weight is 522 g/mol. The van der Waals surface area contributed by atoms with Crippen molar-refractivity contribution in [2.24, 2.45) is 0 Å². The fourth-order valence-electron chi connectivity index (χ4n) is 4.54. The van der Waals surface area contributed by atoms with Gasteiger partial charge in [0.05, 0.1) is 24.4 Å². The van der Waals surface area contributed by atoms with E-state index in [0.29, 0.717) is 17.7 Å². The van der Waals surface area contributed by atoms with E-state index in [9.17, 15) is 13.2 Å². The van der Waals surface area contributed by atoms with Crippen molar-refractivity contribution in [3.05, 3.63) is 72.7 Å². The van der Waals surface area contributed by atoms with Crippen LogP contribution in [0.15, 0.2) is 71.9 Å². The Morgan fingerprint density at radius 1 is 1.11 bits per heavy atom. The summed E-state index contributed by atoms with van der Waals surface area (Å²) in [6, 6.07) is 15.4. The predicted octanol–water partition coefficient (Wildman–Crippen LogP) is 3.16. The number of pyridine rings is 1. The number of ether oxygens (including phenoxy) is 2. The topological polar surface area (TPSA) is 116 Å². The quantitative estimate of drug-likeness (QED) is 0.394. The molecule has 0 radical (unpaired) electrons. The molecule has 0 aliphatic carbocycles. The third kappa shape index (κ3) is 5.00. The Morgan fingerprint density at radius 3 is 2.73 bits per heavy atom. The zero-order chi connectivity index (χ0) is 26.0. The molecule has 3 heterocycles. The first-order valence-electron chi connectivity index (χ1n) is 11.8. The van der Waals surface area contributed by atoms with Gasteiger partial charge in [0, 0.05) is 43.7 Å². The van der Waals surface area contributed by atoms with Gasteiger partial charge in [0.25, 0.3) is 15.9 Å². The minimum absolute atomic E-state index is 0.0252. The Morgan fingerprint density at radius 2 is 1.97 bits per heavy atom. The lowest BCUT2D eigenvalue weighted by molar-refractivity contribution is 0.0893. The van der Waals surface area contributed by atoms with Crippen LogP contribution in [0.2, 0.25) is 0 Å². The number of methoxy groups -OCH3 is 2. The van der Waals surface area contributed by atoms with Crippen LogP contribution < -0.4 is 14.4 Å². The van der Waals surface area contributed by atoms with Crippen LogP contribution in [0.25, 0.3) is 16.6 Å². The van der Waals surface area contributed by atoms with Gasteiger partial charge in [-0.3, -0.25) is 4.79 Å². The normalized spacial score (nSPS) is 16.1. The number of hydrogen-bond donors (Lipinski definition) is 1. The lowest BCUT2D eigenvalue weighted by Crippen LogP contribution is -2.39. The predicted molar refractivity (Wildman–Crippen MR) is 139 cm³/mol. The minimum atomic E-state index is -4.26. The number of aromatic nitrogens is 3. The van der Waals surface area contributed by atoms with Crippen LogP contribution in [-0.2, 0) is 14.8 Å². The summed E-state index contributed by atoms with van der Waals surface area (Å²) in [7, 11) is -1.20. The number of fused-ring (bicyclic) bond motifs is 1. The Balaban J connectivity index is 1.43. The van der Waals surface area contributed by atoms with E-state index in [1.54, 1.807) is 48.3 Å². The van der Waals surface area contributed by atoms with Crippen molar-refractivity contribution >= 4 is 32.5 Å². The largest absolute Gasteiger partial charge is 0.495 e. The number of nitrogens with zero attached hydrogens (tertiary/aromatic N) is 4. The maximum absolute atomic E-state index is 13.3. The van der Waals surface area contributed by atoms with Gasteiger partial charge in [-0.15, -0.1) is 0 Å². The SMILES string of the molecule is COc1ccc(N2CCCC(OC)C2)cc1S(=O)(=O)NC(=O)c1ccc2c(-n3cccn3)cccc2n1. The average Bonchev–Trinajstić information content (AvgIpc) is 3.46. The summed E-state index contributed by atoms with van der Waals surface area (Å²) in [4.78, 5) is 19.4. The molecule has 2 aromatic carbocycles. The number of carbonyl (C=O) groups is 1. The zero-order valence-electron chi connectivity index (χ0n) is 20.5. The molecule has 1 N–H and O–H groups in total. The molecule has 0 saturated carbocycles. The smallest absolute Gasteiger partial charge is 0.283 e. The van der Waals surface area contributed by atoms with Crippen LogP contribution >= 0.6 is 0 Å². The van der Waals surface area contributed by atoms with Gasteiger partial charge in [-0.25, -0.2) is 22.8 Å². The highest BCUT2D eigenvalue weighted by atomic mass is 32.2. The summed E-state index contributed by atoms with van der Waals surface area (Å²) in [5.74, 6) is -0.698. The van der Waals surface area contributed by atoms with Crippen molar-refractivity contribution in [3.63, 3.8) is 0 Å². The zero-order valence-corrected chi connectivity index (χ0v) is 21.3. The molecule has 10 nitrogen and oxygen atoms in total. The van der Waals surface area contributed by atoms with Crippen LogP contribution in [0.5, 0.6) is 5.75 Å². The van der Waals surface area contributed by atoms with Gasteiger partial charge in [0.2, 0.25) is 0 Å². The number of hydrogen-bond acceptors (Lipinski definition) is 8. The van der Waals surface area contributed by atoms with Crippen molar-refractivity contribution in [1.82, 2.24) is 19.5 Å². The van der Waals surface area contributed by atoms with Gasteiger partial charge < -0.3 is 14.4 Å². The number of benzene rings is 2. The van der Waals surface area contributed by atoms with Gasteiger partial charge in [-0.1, -0.05) is 6.07 Å². The van der Waals surface area contributed by atoms with Crippen molar-refractivity contribution in [1.29, 1.82) is 0 Å². The molecule has 4 aromatic rings. The summed E-state index contributed by atoms with van der Waals surface area (Å²) < 4.78 is 41.3. The lowest BCUT2D eigenvalue weighted by Gasteiger charge is -2.34. The van der Waals surface area contributed by atoms with Gasteiger partial charge in [0.15, 0.2) is 0 Å². The molecule has 2 aromatic heterocycles. The molecule has 1 unspecified atom stereocenters. The van der Waals surface area contributed by atoms with Crippen LogP contribution in [0.1, 0.15) is 23.3 Å². The lowest BCUT2D eigenvalue weighted by atomic mass is 10.1. The maximum atomic E-state index is 13.3. The fourth-order valence-corrected chi connectivity index (χ4v) is 5.69. The second-order valence-corrected chi connectivity index (χ2v) is 10.4. The highest BCUT2D eigenvalue weighted by Crippen LogP contribution is 2.31. The number of sulfonamides is 1. The summed E-state index contributed by atoms with van der Waals surface area (Å²) in [5.41, 5.74) is 2.02. The molecule has 1 amide bonds. The Labute approximate surface area is 214 Å². The first kappa shape index (κ1) is 24.7. The van der Waals surface area contributed by atoms with Crippen molar-refractivity contribution in [2.45, 2.75) is 23.8 Å². The summed E-state index contributed by atoms with van der Waals surface area (Å²) in [6.45, 7) is 1.43. The van der Waals surface area contributed by atoms with Crippen molar-refractivity contribution in [2.75, 3.05) is 32.2 Å². The monoisotopic (exact) mass is 521 g/mol. The molecule has 5 rings (SSSR count). The van der Waals surface area contributed by atoms with E-state index in [0.717, 1.165) is 30.5 Å². The molecule has 11 heteroatoms. The van der Waals surface area contributed by atoms with E-state index in [1.807, 2.05) is 18.3 Å². The van der Waals surface area contributed by atoms with Gasteiger partial charge in [-0.05, 0) is 61.4 Å². The molecule has 1 aliphatic rings. The Bertz CT molecular complexity index is 1540. The van der Waals surface area contributed by atoms with Gasteiger partial charge in [0.1, 0.15) is 16.3 Å². The van der Waals surface area contributed by atoms with Crippen molar-refractivity contribution < 1.29 is 22.7 Å². The maximum Gasteiger partial charge on any atom is 0.283 e. The van der Waals surface area contributed by atoms with E-state index in [1.165, 1.54) is 19.2 Å². The Kier molecular flexibility index (Phi) is 6.81. The second kappa shape index (κ2) is 10.2. The van der Waals surface area contributed by atoms with Crippen LogP contribution in [0, 0.1) is 0 Å². The molecule has 192 valence electrons. The third-order valence-electron chi connectivity index (χ3n) is 6.43. The molecule has 37 heavy (non-hydrogen) atoms. The first-order valence-corrected chi connectivity index (χ1v) is 13.3. The fraction of sp³-hybridized carbons (Fsp3) is 0.269. The summed E-state index contributed by atoms with van der Waals surface area (Å²) >= 11 is 0. The van der Waals surface area contributed by atoms with Crippen LogP contribution in [0.4, 0.5) is 5.69 Å². The van der Waals surface area contributed by atoms with E-state index >= 15 is 0 Å². The molecule has 1 fully saturated rings. The first-order chi connectivity index (χ1) is 17.9. The van der Waals surface area contributed by atoms with Gasteiger partial charge >= 0.3 is 0 Å². The number of nitrogens with one attached hydrogen (secondary N) is 1. The molecular formula is C26H27N5O5S. The standard InChI is InChI=1S/C26H27N5O5S/c1-35-19-6-4-14-30(17-19)18-9-12-24(36-2)25(16-18)37(33,34)29-26(32)22-11-10-20-21(28-22)7-3-8-23(20)31-15-5-13-27-31/h3,5,7-13,15-16,19H,4,6,14,17H2,1-2H3,(H,29,32). The highest BCUT2D eigenvalue weighted by molar-refractivity contribution is 7.90. The molecule has 1 aliphatic heterocycles. The van der Waals surface area contributed by atoms with E-state index in [2.05, 4.69) is 19.7 Å². The van der Waals surface area contributed by atoms with Crippen molar-refractivity contribution in [3.8, 4) is 11.4 Å². The molecule has 1 atom stereocenters. The van der Waals surface area contributed by atoms with Crippen LogP contribution in [-0.4, -0.2) is 62.5 Å². The Hall–Kier alpha value is -3.96. The molecular weight excluding hydrogens is 494 g/mol. The summed E-state index contributed by atoms with van der Waals surface area (Å²) in [5, 5.41) is 5.02. The third-order valence-corrected chi connectivity index (χ3v) is 7.79. The number of rotatable bonds is 7. The van der Waals surface area contributed by atoms with E-state index in [4.69, 9.17) is 9.47 Å². The highest BCUT2D eigenvalue weighted by Gasteiger charge is 2.27. The number of carbonyl (C=O) groups excluding carboxylic acids is 1.